The van der Waals surface area contributed by atoms with E-state index in [1.54, 1.807) is 4.68 Å². The molecule has 2 aromatic rings. The highest BCUT2D eigenvalue weighted by molar-refractivity contribution is 6.70. The van der Waals surface area contributed by atoms with Gasteiger partial charge in [-0.15, -0.1) is 0 Å². The second-order valence-electron chi connectivity index (χ2n) is 16.2. The lowest BCUT2D eigenvalue weighted by Gasteiger charge is -2.47. The van der Waals surface area contributed by atoms with Crippen molar-refractivity contribution in [3.05, 3.63) is 53.4 Å². The van der Waals surface area contributed by atoms with Crippen molar-refractivity contribution in [2.45, 2.75) is 129 Å². The highest BCUT2D eigenvalue weighted by Gasteiger charge is 2.51. The molecule has 2 fully saturated rings. The zero-order chi connectivity index (χ0) is 34.0. The molecule has 4 rings (SSSR count). The van der Waals surface area contributed by atoms with E-state index in [4.69, 9.17) is 27.9 Å². The predicted molar refractivity (Wildman–Crippen MR) is 193 cm³/mol. The van der Waals surface area contributed by atoms with Gasteiger partial charge in [-0.3, -0.25) is 0 Å². The fraction of sp³-hybridized carbons (Fsp3) is 0.657. The van der Waals surface area contributed by atoms with Crippen LogP contribution in [0.4, 0.5) is 0 Å². The highest BCUT2D eigenvalue weighted by Crippen LogP contribution is 2.41. The third-order valence-corrected chi connectivity index (χ3v) is 11.4. The monoisotopic (exact) mass is 683 g/mol. The first-order chi connectivity index (χ1) is 21.3. The lowest BCUT2D eigenvalue weighted by atomic mass is 9.85. The zero-order valence-electron chi connectivity index (χ0n) is 30.2. The van der Waals surface area contributed by atoms with Crippen molar-refractivity contribution >= 4 is 31.0 Å². The van der Waals surface area contributed by atoms with Gasteiger partial charge in [-0.05, 0) is 104 Å². The summed E-state index contributed by atoms with van der Waals surface area (Å²) >= 11 is 0. The maximum Gasteiger partial charge on any atom is 0.184 e. The van der Waals surface area contributed by atoms with Gasteiger partial charge in [-0.25, -0.2) is 4.68 Å². The first-order valence-corrected chi connectivity index (χ1v) is 27.1. The molecule has 1 aromatic heterocycles. The summed E-state index contributed by atoms with van der Waals surface area (Å²) in [6, 6.07) is 13.9. The molecular weight excluding hydrogens is 627 g/mol. The molecule has 0 saturated carbocycles. The van der Waals surface area contributed by atoms with E-state index >= 15 is 0 Å². The molecule has 0 N–H and O–H groups in total. The fourth-order valence-corrected chi connectivity index (χ4v) is 9.98. The molecule has 46 heavy (non-hydrogen) atoms. The van der Waals surface area contributed by atoms with Gasteiger partial charge in [-0.1, -0.05) is 30.7 Å². The number of para-hydroxylation sites is 1. The second kappa shape index (κ2) is 14.7. The number of hydrogen-bond acceptors (Lipinski definition) is 7. The molecule has 254 valence electrons. The summed E-state index contributed by atoms with van der Waals surface area (Å²) in [4.78, 5) is 0. The molecule has 0 radical (unpaired) electrons. The predicted octanol–water partition coefficient (Wildman–Crippen LogP) is 8.03. The molecule has 0 aliphatic carbocycles. The molecule has 0 amide bonds. The summed E-state index contributed by atoms with van der Waals surface area (Å²) in [7, 11) is -5.51. The van der Waals surface area contributed by atoms with Crippen molar-refractivity contribution in [2.75, 3.05) is 6.61 Å². The van der Waals surface area contributed by atoms with Crippen LogP contribution < -0.4 is 0 Å². The van der Waals surface area contributed by atoms with Crippen molar-refractivity contribution in [3.8, 4) is 11.8 Å². The van der Waals surface area contributed by atoms with Crippen LogP contribution in [0.5, 0.6) is 0 Å². The van der Waals surface area contributed by atoms with E-state index < -0.39 is 25.0 Å². The zero-order valence-corrected chi connectivity index (χ0v) is 33.2. The summed E-state index contributed by atoms with van der Waals surface area (Å²) in [5.41, 5.74) is 3.24. The first kappa shape index (κ1) is 36.9. The average molecular weight is 684 g/mol. The largest absolute Gasteiger partial charge is 0.415 e. The summed E-state index contributed by atoms with van der Waals surface area (Å²) in [5.74, 6) is 0.517. The van der Waals surface area contributed by atoms with Crippen LogP contribution in [-0.4, -0.2) is 78.0 Å². The van der Waals surface area contributed by atoms with E-state index in [9.17, 15) is 5.26 Å². The van der Waals surface area contributed by atoms with E-state index in [1.165, 1.54) is 0 Å². The van der Waals surface area contributed by atoms with Crippen molar-refractivity contribution in [2.24, 2.45) is 11.8 Å². The average Bonchev–Trinajstić information content (AvgIpc) is 3.58. The van der Waals surface area contributed by atoms with Gasteiger partial charge in [0.1, 0.15) is 11.8 Å². The van der Waals surface area contributed by atoms with E-state index in [0.29, 0.717) is 24.6 Å². The summed E-state index contributed by atoms with van der Waals surface area (Å²) in [5, 5.41) is 14.5. The molecule has 2 aliphatic heterocycles. The molecule has 8 nitrogen and oxygen atoms in total. The number of nitriles is 1. The molecule has 0 spiro atoms. The number of benzene rings is 1. The van der Waals surface area contributed by atoms with Gasteiger partial charge in [0.25, 0.3) is 0 Å². The minimum absolute atomic E-state index is 0.0664. The molecular formula is C35H57N3O5Si3. The van der Waals surface area contributed by atoms with Crippen LogP contribution in [0.3, 0.4) is 0 Å². The van der Waals surface area contributed by atoms with Gasteiger partial charge in [0.15, 0.2) is 25.0 Å². The highest BCUT2D eigenvalue weighted by atomic mass is 28.4. The SMILES string of the molecule is C/C(=C\c1cc(C#N)n(-c2ccccc2)n1)C[C@@H]1OC[C@H](C[C@@H]2O[C@H]2[C@@H](C)[C@H](C)O[Si](C)(C)C)[C@@H](O[Si](C)(C)C)[C@H]1O[Si](C)(C)C. The number of hydrogen-bond donors (Lipinski definition) is 0. The van der Waals surface area contributed by atoms with Gasteiger partial charge in [-0.2, -0.15) is 10.4 Å². The number of rotatable bonds is 14. The van der Waals surface area contributed by atoms with Gasteiger partial charge >= 0.3 is 0 Å². The number of ether oxygens (including phenoxy) is 2. The second-order valence-corrected chi connectivity index (χ2v) is 29.6. The van der Waals surface area contributed by atoms with Crippen LogP contribution in [0, 0.1) is 23.2 Å². The molecule has 3 heterocycles. The standard InChI is InChI=1S/C35H57N3O5Si3/c1-24(18-28-21-30(22-36)38(37-28)29-16-14-13-15-17-29)19-31-35(43-46(10,11)12)34(42-45(7,8)9)27(23-39-31)20-32-33(40-32)25(2)26(3)41-44(4,5)6/h13-18,21,25-27,31-35H,19-20,23H2,1-12H3/b24-18+/t25-,26-,27-,31-,32-,33-,34+,35-/m0/s1. The van der Waals surface area contributed by atoms with E-state index in [2.05, 4.69) is 91.8 Å². The van der Waals surface area contributed by atoms with E-state index in [0.717, 1.165) is 23.4 Å². The molecule has 11 heteroatoms. The van der Waals surface area contributed by atoms with Crippen molar-refractivity contribution in [1.82, 2.24) is 9.78 Å². The third-order valence-electron chi connectivity index (χ3n) is 8.37. The third kappa shape index (κ3) is 10.6. The molecule has 0 unspecified atom stereocenters. The van der Waals surface area contributed by atoms with Crippen LogP contribution in [0.25, 0.3) is 11.8 Å². The number of nitrogens with zero attached hydrogens (tertiary/aromatic N) is 3. The Morgan fingerprint density at radius 1 is 0.978 bits per heavy atom. The summed E-state index contributed by atoms with van der Waals surface area (Å²) in [6.45, 7) is 27.4. The maximum absolute atomic E-state index is 9.77. The van der Waals surface area contributed by atoms with Crippen LogP contribution in [0.15, 0.2) is 42.0 Å². The first-order valence-electron chi connectivity index (χ1n) is 16.9. The summed E-state index contributed by atoms with van der Waals surface area (Å²) in [6.07, 6.45) is 3.81. The lowest BCUT2D eigenvalue weighted by Crippen LogP contribution is -2.58. The fourth-order valence-electron chi connectivity index (χ4n) is 6.40. The van der Waals surface area contributed by atoms with Gasteiger partial charge < -0.3 is 22.8 Å². The Balaban J connectivity index is 1.53. The van der Waals surface area contributed by atoms with E-state index in [1.807, 2.05) is 36.4 Å². The van der Waals surface area contributed by atoms with Crippen LogP contribution in [0.1, 0.15) is 45.0 Å². The van der Waals surface area contributed by atoms with Crippen LogP contribution in [-0.2, 0) is 22.8 Å². The van der Waals surface area contributed by atoms with Gasteiger partial charge in [0.05, 0.1) is 48.5 Å². The molecule has 0 bridgehead atoms. The quantitative estimate of drug-likeness (QED) is 0.147. The maximum atomic E-state index is 9.77. The van der Waals surface area contributed by atoms with Gasteiger partial charge in [0.2, 0.25) is 0 Å². The lowest BCUT2D eigenvalue weighted by molar-refractivity contribution is -0.152. The Hall–Kier alpha value is -1.89. The van der Waals surface area contributed by atoms with Crippen molar-refractivity contribution in [3.63, 3.8) is 0 Å². The molecule has 2 saturated heterocycles. The molecule has 2 aliphatic rings. The number of aromatic nitrogens is 2. The Morgan fingerprint density at radius 2 is 1.61 bits per heavy atom. The minimum Gasteiger partial charge on any atom is -0.415 e. The normalized spacial score (nSPS) is 27.2. The van der Waals surface area contributed by atoms with E-state index in [-0.39, 0.29) is 42.5 Å². The van der Waals surface area contributed by atoms with Crippen molar-refractivity contribution < 1.29 is 22.8 Å². The molecule has 1 aromatic carbocycles. The Labute approximate surface area is 280 Å². The van der Waals surface area contributed by atoms with Crippen LogP contribution in [0.2, 0.25) is 58.9 Å². The Morgan fingerprint density at radius 3 is 2.20 bits per heavy atom. The topological polar surface area (TPSA) is 91.1 Å². The molecule has 8 atom stereocenters. The smallest absolute Gasteiger partial charge is 0.184 e. The Kier molecular flexibility index (Phi) is 11.8. The van der Waals surface area contributed by atoms with Crippen LogP contribution >= 0.6 is 0 Å². The van der Waals surface area contributed by atoms with Gasteiger partial charge in [0, 0.05) is 24.0 Å². The van der Waals surface area contributed by atoms with Crippen molar-refractivity contribution in [1.29, 1.82) is 5.26 Å². The summed E-state index contributed by atoms with van der Waals surface area (Å²) < 4.78 is 35.1. The minimum atomic E-state index is -1.96. The number of epoxide rings is 1. The Bertz CT molecular complexity index is 1370.